The van der Waals surface area contributed by atoms with Crippen molar-refractivity contribution in [1.29, 1.82) is 0 Å². The fourth-order valence-electron chi connectivity index (χ4n) is 2.37. The highest BCUT2D eigenvalue weighted by molar-refractivity contribution is 7.09. The second-order valence-electron chi connectivity index (χ2n) is 5.51. The monoisotopic (exact) mass is 353 g/mol. The van der Waals surface area contributed by atoms with Gasteiger partial charge in [-0.3, -0.25) is 9.78 Å². The Hall–Kier alpha value is -2.73. The fraction of sp³-hybridized carbons (Fsp3) is 0.211. The quantitative estimate of drug-likeness (QED) is 0.706. The molecule has 0 spiro atoms. The smallest absolute Gasteiger partial charge is 0.230 e. The normalized spacial score (nSPS) is 10.4. The lowest BCUT2D eigenvalue weighted by Gasteiger charge is -2.05. The van der Waals surface area contributed by atoms with Crippen LogP contribution in [0.15, 0.2) is 54.0 Å². The minimum atomic E-state index is -0.0771. The molecule has 1 N–H and O–H groups in total. The molecular weight excluding hydrogens is 334 g/mol. The predicted octanol–water partition coefficient (Wildman–Crippen LogP) is 3.51. The van der Waals surface area contributed by atoms with E-state index in [2.05, 4.69) is 15.3 Å². The standard InChI is InChI=1S/C19H19N3O2S/c1-24-17-8-5-15(6-9-17)21-18(23)12-16-13-25-19(22-16)10-7-14-4-2-3-11-20-14/h2-6,8-9,11,13H,7,10,12H2,1H3,(H,21,23). The van der Waals surface area contributed by atoms with E-state index in [4.69, 9.17) is 4.74 Å². The molecule has 6 heteroatoms. The van der Waals surface area contributed by atoms with Gasteiger partial charge in [-0.05, 0) is 42.8 Å². The first-order chi connectivity index (χ1) is 12.2. The maximum Gasteiger partial charge on any atom is 0.230 e. The number of nitrogens with one attached hydrogen (secondary N) is 1. The zero-order valence-electron chi connectivity index (χ0n) is 13.9. The zero-order valence-corrected chi connectivity index (χ0v) is 14.8. The third-order valence-electron chi connectivity index (χ3n) is 3.64. The number of aromatic nitrogens is 2. The summed E-state index contributed by atoms with van der Waals surface area (Å²) in [5.41, 5.74) is 2.60. The molecule has 0 atom stereocenters. The van der Waals surface area contributed by atoms with Crippen LogP contribution >= 0.6 is 11.3 Å². The molecule has 2 aromatic heterocycles. The van der Waals surface area contributed by atoms with Gasteiger partial charge in [0.1, 0.15) is 5.75 Å². The van der Waals surface area contributed by atoms with Crippen molar-refractivity contribution in [3.63, 3.8) is 0 Å². The number of pyridine rings is 1. The van der Waals surface area contributed by atoms with Crippen LogP contribution in [0.3, 0.4) is 0 Å². The zero-order chi connectivity index (χ0) is 17.5. The Balaban J connectivity index is 1.50. The first kappa shape index (κ1) is 17.1. The number of carbonyl (C=O) groups is 1. The van der Waals surface area contributed by atoms with Crippen molar-refractivity contribution in [1.82, 2.24) is 9.97 Å². The van der Waals surface area contributed by atoms with E-state index in [9.17, 15) is 4.79 Å². The third kappa shape index (κ3) is 5.12. The van der Waals surface area contributed by atoms with Gasteiger partial charge < -0.3 is 10.1 Å². The summed E-state index contributed by atoms with van der Waals surface area (Å²) >= 11 is 1.59. The van der Waals surface area contributed by atoms with E-state index in [0.717, 1.165) is 40.7 Å². The SMILES string of the molecule is COc1ccc(NC(=O)Cc2csc(CCc3ccccn3)n2)cc1. The molecule has 0 radical (unpaired) electrons. The van der Waals surface area contributed by atoms with E-state index in [-0.39, 0.29) is 12.3 Å². The van der Waals surface area contributed by atoms with Crippen LogP contribution in [0, 0.1) is 0 Å². The first-order valence-corrected chi connectivity index (χ1v) is 8.88. The number of aryl methyl sites for hydroxylation is 2. The number of hydrogen-bond donors (Lipinski definition) is 1. The maximum absolute atomic E-state index is 12.1. The number of methoxy groups -OCH3 is 1. The van der Waals surface area contributed by atoms with Crippen LogP contribution in [0.2, 0.25) is 0 Å². The molecule has 25 heavy (non-hydrogen) atoms. The summed E-state index contributed by atoms with van der Waals surface area (Å²) in [6.45, 7) is 0. The van der Waals surface area contributed by atoms with Gasteiger partial charge in [-0.1, -0.05) is 6.07 Å². The van der Waals surface area contributed by atoms with Gasteiger partial charge in [0.25, 0.3) is 0 Å². The Morgan fingerprint density at radius 3 is 2.68 bits per heavy atom. The maximum atomic E-state index is 12.1. The van der Waals surface area contributed by atoms with Gasteiger partial charge in [-0.2, -0.15) is 0 Å². The van der Waals surface area contributed by atoms with Crippen molar-refractivity contribution in [3.8, 4) is 5.75 Å². The summed E-state index contributed by atoms with van der Waals surface area (Å²) in [6.07, 6.45) is 3.76. The van der Waals surface area contributed by atoms with Crippen LogP contribution in [-0.4, -0.2) is 23.0 Å². The lowest BCUT2D eigenvalue weighted by Crippen LogP contribution is -2.14. The van der Waals surface area contributed by atoms with Crippen LogP contribution in [0.25, 0.3) is 0 Å². The van der Waals surface area contributed by atoms with E-state index >= 15 is 0 Å². The molecule has 0 saturated heterocycles. The first-order valence-electron chi connectivity index (χ1n) is 8.00. The molecular formula is C19H19N3O2S. The molecule has 0 aliphatic heterocycles. The third-order valence-corrected chi connectivity index (χ3v) is 4.59. The van der Waals surface area contributed by atoms with Gasteiger partial charge in [0.05, 0.1) is 24.2 Å². The number of hydrogen-bond acceptors (Lipinski definition) is 5. The molecule has 3 aromatic rings. The van der Waals surface area contributed by atoms with Crippen molar-refractivity contribution in [3.05, 3.63) is 70.4 Å². The number of nitrogens with zero attached hydrogens (tertiary/aromatic N) is 2. The topological polar surface area (TPSA) is 64.1 Å². The molecule has 2 heterocycles. The minimum absolute atomic E-state index is 0.0771. The molecule has 0 bridgehead atoms. The molecule has 128 valence electrons. The number of rotatable bonds is 7. The molecule has 0 aliphatic rings. The van der Waals surface area contributed by atoms with Gasteiger partial charge in [0.2, 0.25) is 5.91 Å². The van der Waals surface area contributed by atoms with Crippen LogP contribution in [0.5, 0.6) is 5.75 Å². The molecule has 3 rings (SSSR count). The lowest BCUT2D eigenvalue weighted by atomic mass is 10.2. The predicted molar refractivity (Wildman–Crippen MR) is 99.1 cm³/mol. The van der Waals surface area contributed by atoms with Crippen molar-refractivity contribution >= 4 is 22.9 Å². The summed E-state index contributed by atoms with van der Waals surface area (Å²) < 4.78 is 5.10. The number of carbonyl (C=O) groups excluding carboxylic acids is 1. The summed E-state index contributed by atoms with van der Waals surface area (Å²) in [6, 6.07) is 13.2. The highest BCUT2D eigenvalue weighted by Crippen LogP contribution is 2.16. The van der Waals surface area contributed by atoms with Crippen molar-refractivity contribution in [2.24, 2.45) is 0 Å². The Labute approximate surface area is 150 Å². The number of benzene rings is 1. The van der Waals surface area contributed by atoms with Crippen LogP contribution in [0.1, 0.15) is 16.4 Å². The second kappa shape index (κ2) is 8.39. The number of thiazole rings is 1. The van der Waals surface area contributed by atoms with Gasteiger partial charge >= 0.3 is 0 Å². The van der Waals surface area contributed by atoms with Crippen molar-refractivity contribution in [2.45, 2.75) is 19.3 Å². The molecule has 0 saturated carbocycles. The van der Waals surface area contributed by atoms with Gasteiger partial charge in [-0.25, -0.2) is 4.98 Å². The van der Waals surface area contributed by atoms with E-state index in [0.29, 0.717) is 0 Å². The van der Waals surface area contributed by atoms with E-state index in [1.54, 1.807) is 24.6 Å². The molecule has 0 unspecified atom stereocenters. The fourth-order valence-corrected chi connectivity index (χ4v) is 3.17. The molecule has 0 aliphatic carbocycles. The Morgan fingerprint density at radius 2 is 1.96 bits per heavy atom. The molecule has 1 amide bonds. The molecule has 5 nitrogen and oxygen atoms in total. The van der Waals surface area contributed by atoms with Crippen LogP contribution < -0.4 is 10.1 Å². The van der Waals surface area contributed by atoms with E-state index < -0.39 is 0 Å². The Kier molecular flexibility index (Phi) is 5.74. The Bertz CT molecular complexity index is 816. The van der Waals surface area contributed by atoms with Gasteiger partial charge in [-0.15, -0.1) is 11.3 Å². The summed E-state index contributed by atoms with van der Waals surface area (Å²) in [5.74, 6) is 0.682. The largest absolute Gasteiger partial charge is 0.497 e. The van der Waals surface area contributed by atoms with Gasteiger partial charge in [0.15, 0.2) is 0 Å². The van der Waals surface area contributed by atoms with E-state index in [1.165, 1.54) is 0 Å². The highest BCUT2D eigenvalue weighted by atomic mass is 32.1. The van der Waals surface area contributed by atoms with Crippen molar-refractivity contribution in [2.75, 3.05) is 12.4 Å². The second-order valence-corrected chi connectivity index (χ2v) is 6.45. The Morgan fingerprint density at radius 1 is 1.12 bits per heavy atom. The summed E-state index contributed by atoms with van der Waals surface area (Å²) in [4.78, 5) is 21.0. The number of ether oxygens (including phenoxy) is 1. The van der Waals surface area contributed by atoms with Gasteiger partial charge in [0, 0.05) is 29.4 Å². The van der Waals surface area contributed by atoms with Crippen molar-refractivity contribution < 1.29 is 9.53 Å². The number of anilines is 1. The summed E-state index contributed by atoms with van der Waals surface area (Å²) in [7, 11) is 1.61. The average molecular weight is 353 g/mol. The minimum Gasteiger partial charge on any atom is -0.497 e. The molecule has 1 aromatic carbocycles. The summed E-state index contributed by atoms with van der Waals surface area (Å²) in [5, 5.41) is 5.84. The number of amides is 1. The van der Waals surface area contributed by atoms with E-state index in [1.807, 2.05) is 47.8 Å². The lowest BCUT2D eigenvalue weighted by molar-refractivity contribution is -0.115. The average Bonchev–Trinajstić information content (AvgIpc) is 3.08. The highest BCUT2D eigenvalue weighted by Gasteiger charge is 2.09. The van der Waals surface area contributed by atoms with Crippen LogP contribution in [-0.2, 0) is 24.1 Å². The van der Waals surface area contributed by atoms with Crippen LogP contribution in [0.4, 0.5) is 5.69 Å². The molecule has 0 fully saturated rings.